The van der Waals surface area contributed by atoms with E-state index in [2.05, 4.69) is 15.2 Å². The number of methoxy groups -OCH3 is 1. The van der Waals surface area contributed by atoms with Gasteiger partial charge < -0.3 is 14.7 Å². The Hall–Kier alpha value is -2.39. The van der Waals surface area contributed by atoms with Gasteiger partial charge in [0.2, 0.25) is 6.79 Å². The average molecular weight is 394 g/mol. The molecule has 1 aliphatic rings. The Kier molecular flexibility index (Phi) is 6.04. The van der Waals surface area contributed by atoms with E-state index in [1.54, 1.807) is 0 Å². The maximum absolute atomic E-state index is 14.8. The van der Waals surface area contributed by atoms with Crippen LogP contribution in [0.2, 0.25) is 0 Å². The molecule has 9 heteroatoms. The molecule has 0 radical (unpaired) electrons. The van der Waals surface area contributed by atoms with Crippen molar-refractivity contribution >= 4 is 5.71 Å². The van der Waals surface area contributed by atoms with E-state index in [0.29, 0.717) is 25.0 Å². The summed E-state index contributed by atoms with van der Waals surface area (Å²) < 4.78 is 34.6. The highest BCUT2D eigenvalue weighted by Crippen LogP contribution is 2.61. The highest BCUT2D eigenvalue weighted by molar-refractivity contribution is 5.93. The van der Waals surface area contributed by atoms with Crippen molar-refractivity contribution in [3.8, 4) is 0 Å². The number of nitrogens with zero attached hydrogens (tertiary/aromatic N) is 4. The number of halogens is 2. The predicted octanol–water partition coefficient (Wildman–Crippen LogP) is 3.00. The second-order valence-electron chi connectivity index (χ2n) is 6.98. The van der Waals surface area contributed by atoms with Crippen molar-refractivity contribution in [2.45, 2.75) is 44.8 Å². The molecule has 1 unspecified atom stereocenters. The molecule has 0 saturated heterocycles. The summed E-state index contributed by atoms with van der Waals surface area (Å²) in [5, 5.41) is 20.1. The summed E-state index contributed by atoms with van der Waals surface area (Å²) >= 11 is 0. The lowest BCUT2D eigenvalue weighted by Crippen LogP contribution is -2.46. The standard InChI is InChI=1S/C19H24F2N4O3/c1-3-4-17(24-28-13-27-2)18(7-8-18)19(26,10-25-12-22-11-23-25)15-6-5-14(20)9-16(15)21/h5-6,9,11-12,26H,3-4,7-8,10,13H2,1-2H3. The van der Waals surface area contributed by atoms with Gasteiger partial charge in [0.05, 0.1) is 12.3 Å². The molecule has 1 aromatic carbocycles. The van der Waals surface area contributed by atoms with Crippen LogP contribution in [0.1, 0.15) is 38.2 Å². The minimum atomic E-state index is -1.71. The van der Waals surface area contributed by atoms with Crippen LogP contribution in [-0.2, 0) is 21.7 Å². The van der Waals surface area contributed by atoms with E-state index in [4.69, 9.17) is 9.57 Å². The number of aromatic nitrogens is 3. The van der Waals surface area contributed by atoms with Gasteiger partial charge in [-0.3, -0.25) is 0 Å². The molecule has 0 amide bonds. The Morgan fingerprint density at radius 3 is 2.75 bits per heavy atom. The highest BCUT2D eigenvalue weighted by atomic mass is 19.1. The molecular weight excluding hydrogens is 370 g/mol. The van der Waals surface area contributed by atoms with Crippen LogP contribution < -0.4 is 0 Å². The largest absolute Gasteiger partial charge is 0.382 e. The van der Waals surface area contributed by atoms with Gasteiger partial charge in [-0.05, 0) is 25.3 Å². The molecule has 2 aromatic rings. The fourth-order valence-electron chi connectivity index (χ4n) is 3.70. The molecule has 7 nitrogen and oxygen atoms in total. The second-order valence-corrected chi connectivity index (χ2v) is 6.98. The molecule has 0 spiro atoms. The van der Waals surface area contributed by atoms with Crippen LogP contribution in [-0.4, -0.2) is 39.5 Å². The molecule has 1 fully saturated rings. The summed E-state index contributed by atoms with van der Waals surface area (Å²) in [5.41, 5.74) is -1.93. The van der Waals surface area contributed by atoms with Gasteiger partial charge in [0.15, 0.2) is 0 Å². The zero-order valence-electron chi connectivity index (χ0n) is 15.9. The average Bonchev–Trinajstić information content (AvgIpc) is 3.33. The third kappa shape index (κ3) is 3.77. The molecule has 1 N–H and O–H groups in total. The van der Waals surface area contributed by atoms with Gasteiger partial charge in [0.25, 0.3) is 0 Å². The molecule has 1 saturated carbocycles. The molecule has 28 heavy (non-hydrogen) atoms. The van der Waals surface area contributed by atoms with Crippen molar-refractivity contribution < 1.29 is 23.5 Å². The summed E-state index contributed by atoms with van der Waals surface area (Å²) in [6.07, 6.45) is 5.28. The Bertz CT molecular complexity index is 825. The summed E-state index contributed by atoms with van der Waals surface area (Å²) in [4.78, 5) is 9.10. The zero-order valence-corrected chi connectivity index (χ0v) is 15.9. The van der Waals surface area contributed by atoms with E-state index in [1.807, 2.05) is 6.92 Å². The SMILES string of the molecule is CCCC(=NOCOC)C1(C(O)(Cn2cncn2)c2ccc(F)cc2F)CC1. The van der Waals surface area contributed by atoms with Crippen LogP contribution in [0.4, 0.5) is 8.78 Å². The fraction of sp³-hybridized carbons (Fsp3) is 0.526. The van der Waals surface area contributed by atoms with E-state index in [0.717, 1.165) is 18.6 Å². The van der Waals surface area contributed by atoms with E-state index in [9.17, 15) is 13.9 Å². The Morgan fingerprint density at radius 1 is 1.39 bits per heavy atom. The van der Waals surface area contributed by atoms with Crippen LogP contribution >= 0.6 is 0 Å². The monoisotopic (exact) mass is 394 g/mol. The molecular formula is C19H24F2N4O3. The number of benzene rings is 1. The van der Waals surface area contributed by atoms with Crippen molar-refractivity contribution in [3.63, 3.8) is 0 Å². The third-order valence-corrected chi connectivity index (χ3v) is 5.16. The minimum Gasteiger partial charge on any atom is -0.382 e. The van der Waals surface area contributed by atoms with Crippen molar-refractivity contribution in [2.75, 3.05) is 13.9 Å². The molecule has 1 atom stereocenters. The van der Waals surface area contributed by atoms with Gasteiger partial charge in [0.1, 0.15) is 29.9 Å². The van der Waals surface area contributed by atoms with Gasteiger partial charge >= 0.3 is 0 Å². The molecule has 1 aliphatic carbocycles. The lowest BCUT2D eigenvalue weighted by molar-refractivity contribution is -0.0447. The van der Waals surface area contributed by atoms with Crippen molar-refractivity contribution in [3.05, 3.63) is 48.1 Å². The minimum absolute atomic E-state index is 0.00237. The van der Waals surface area contributed by atoms with E-state index < -0.39 is 22.7 Å². The number of rotatable bonds is 10. The summed E-state index contributed by atoms with van der Waals surface area (Å²) in [6, 6.07) is 3.19. The molecule has 0 aliphatic heterocycles. The number of hydrogen-bond donors (Lipinski definition) is 1. The van der Waals surface area contributed by atoms with Crippen molar-refractivity contribution in [1.29, 1.82) is 0 Å². The van der Waals surface area contributed by atoms with Crippen molar-refractivity contribution in [2.24, 2.45) is 10.6 Å². The molecule has 152 valence electrons. The van der Waals surface area contributed by atoms with Crippen LogP contribution in [0, 0.1) is 17.0 Å². The molecule has 0 bridgehead atoms. The van der Waals surface area contributed by atoms with Gasteiger partial charge in [-0.15, -0.1) is 0 Å². The molecule has 1 heterocycles. The van der Waals surface area contributed by atoms with Gasteiger partial charge in [-0.25, -0.2) is 18.4 Å². The normalized spacial score (nSPS) is 18.0. The third-order valence-electron chi connectivity index (χ3n) is 5.16. The maximum atomic E-state index is 14.8. The van der Waals surface area contributed by atoms with Crippen LogP contribution in [0.15, 0.2) is 36.0 Å². The van der Waals surface area contributed by atoms with E-state index in [-0.39, 0.29) is 18.9 Å². The Morgan fingerprint density at radius 2 is 2.18 bits per heavy atom. The maximum Gasteiger partial charge on any atom is 0.216 e. The molecule has 1 aromatic heterocycles. The number of oxime groups is 1. The first kappa shape index (κ1) is 20.3. The zero-order chi connectivity index (χ0) is 20.2. The summed E-state index contributed by atoms with van der Waals surface area (Å²) in [7, 11) is 1.48. The van der Waals surface area contributed by atoms with E-state index >= 15 is 0 Å². The summed E-state index contributed by atoms with van der Waals surface area (Å²) in [5.74, 6) is -1.53. The smallest absolute Gasteiger partial charge is 0.216 e. The van der Waals surface area contributed by atoms with Gasteiger partial charge in [-0.2, -0.15) is 5.10 Å². The topological polar surface area (TPSA) is 81.8 Å². The number of aliphatic hydroxyl groups is 1. The first-order chi connectivity index (χ1) is 13.5. The first-order valence-corrected chi connectivity index (χ1v) is 9.15. The van der Waals surface area contributed by atoms with E-state index in [1.165, 1.54) is 30.5 Å². The number of hydrogen-bond acceptors (Lipinski definition) is 6. The van der Waals surface area contributed by atoms with Gasteiger partial charge in [-0.1, -0.05) is 24.6 Å². The Balaban J connectivity index is 2.08. The highest BCUT2D eigenvalue weighted by Gasteiger charge is 2.63. The Labute approximate surface area is 162 Å². The summed E-state index contributed by atoms with van der Waals surface area (Å²) in [6.45, 7) is 1.90. The van der Waals surface area contributed by atoms with Crippen LogP contribution in [0.3, 0.4) is 0 Å². The lowest BCUT2D eigenvalue weighted by Gasteiger charge is -2.38. The fourth-order valence-corrected chi connectivity index (χ4v) is 3.70. The van der Waals surface area contributed by atoms with Crippen LogP contribution in [0.25, 0.3) is 0 Å². The number of ether oxygens (including phenoxy) is 1. The van der Waals surface area contributed by atoms with Crippen LogP contribution in [0.5, 0.6) is 0 Å². The van der Waals surface area contributed by atoms with Gasteiger partial charge in [0, 0.05) is 24.2 Å². The van der Waals surface area contributed by atoms with Crippen molar-refractivity contribution in [1.82, 2.24) is 14.8 Å². The molecule has 3 rings (SSSR count). The quantitative estimate of drug-likeness (QED) is 0.290. The first-order valence-electron chi connectivity index (χ1n) is 9.15. The predicted molar refractivity (Wildman–Crippen MR) is 97.2 cm³/mol. The second kappa shape index (κ2) is 8.32. The lowest BCUT2D eigenvalue weighted by atomic mass is 9.74.